The smallest absolute Gasteiger partial charge is 0.330 e. The number of carbonyl (C=O) groups excluding carboxylic acids is 3. The van der Waals surface area contributed by atoms with E-state index < -0.39 is 17.8 Å². The highest BCUT2D eigenvalue weighted by molar-refractivity contribution is 6.01. The standard InChI is InChI=1S/C10H16N2O4/c11-7-3-1-2-4-10(15)16-12-8(13)5-6-9(12)14/h1-7,11H2. The van der Waals surface area contributed by atoms with Gasteiger partial charge in [0.1, 0.15) is 0 Å². The van der Waals surface area contributed by atoms with Gasteiger partial charge in [0.05, 0.1) is 0 Å². The molecule has 0 aliphatic carbocycles. The Morgan fingerprint density at radius 3 is 2.38 bits per heavy atom. The molecule has 1 aliphatic rings. The van der Waals surface area contributed by atoms with Crippen LogP contribution in [0.2, 0.25) is 0 Å². The zero-order chi connectivity index (χ0) is 12.0. The molecule has 1 rings (SSSR count). The number of hydrogen-bond donors (Lipinski definition) is 1. The van der Waals surface area contributed by atoms with Gasteiger partial charge in [-0.2, -0.15) is 0 Å². The van der Waals surface area contributed by atoms with Gasteiger partial charge in [-0.15, -0.1) is 5.06 Å². The molecule has 0 atom stereocenters. The van der Waals surface area contributed by atoms with Crippen molar-refractivity contribution in [2.75, 3.05) is 6.54 Å². The summed E-state index contributed by atoms with van der Waals surface area (Å²) in [6.45, 7) is 0.595. The van der Waals surface area contributed by atoms with Crippen LogP contribution in [0.3, 0.4) is 0 Å². The number of hydroxylamine groups is 2. The van der Waals surface area contributed by atoms with Crippen molar-refractivity contribution in [3.8, 4) is 0 Å². The number of nitrogens with zero attached hydrogens (tertiary/aromatic N) is 1. The Labute approximate surface area is 93.7 Å². The molecule has 2 N–H and O–H groups in total. The van der Waals surface area contributed by atoms with Gasteiger partial charge >= 0.3 is 5.97 Å². The van der Waals surface area contributed by atoms with Gasteiger partial charge in [0, 0.05) is 19.3 Å². The van der Waals surface area contributed by atoms with Crippen molar-refractivity contribution in [3.05, 3.63) is 0 Å². The van der Waals surface area contributed by atoms with E-state index in [1.807, 2.05) is 0 Å². The van der Waals surface area contributed by atoms with Crippen LogP contribution in [0.4, 0.5) is 0 Å². The second-order valence-corrected chi connectivity index (χ2v) is 3.64. The van der Waals surface area contributed by atoms with Crippen LogP contribution in [-0.4, -0.2) is 29.4 Å². The molecule has 90 valence electrons. The maximum absolute atomic E-state index is 11.3. The molecule has 0 saturated carbocycles. The number of amides is 2. The van der Waals surface area contributed by atoms with Gasteiger partial charge in [0.15, 0.2) is 0 Å². The van der Waals surface area contributed by atoms with E-state index in [-0.39, 0.29) is 19.3 Å². The average Bonchev–Trinajstić information content (AvgIpc) is 2.56. The summed E-state index contributed by atoms with van der Waals surface area (Å²) in [6, 6.07) is 0. The Morgan fingerprint density at radius 1 is 1.19 bits per heavy atom. The largest absolute Gasteiger partial charge is 0.333 e. The molecule has 2 amide bonds. The maximum Gasteiger partial charge on any atom is 0.333 e. The number of rotatable bonds is 6. The zero-order valence-corrected chi connectivity index (χ0v) is 9.11. The van der Waals surface area contributed by atoms with Crippen LogP contribution >= 0.6 is 0 Å². The number of unbranched alkanes of at least 4 members (excludes halogenated alkanes) is 2. The van der Waals surface area contributed by atoms with Crippen LogP contribution in [-0.2, 0) is 19.2 Å². The summed E-state index contributed by atoms with van der Waals surface area (Å²) < 4.78 is 0. The van der Waals surface area contributed by atoms with Gasteiger partial charge in [-0.3, -0.25) is 9.59 Å². The van der Waals surface area contributed by atoms with Crippen LogP contribution in [0.5, 0.6) is 0 Å². The molecule has 0 unspecified atom stereocenters. The number of carbonyl (C=O) groups is 3. The van der Waals surface area contributed by atoms with E-state index in [4.69, 9.17) is 5.73 Å². The lowest BCUT2D eigenvalue weighted by Gasteiger charge is -2.12. The van der Waals surface area contributed by atoms with Crippen LogP contribution < -0.4 is 5.73 Å². The van der Waals surface area contributed by atoms with Crippen molar-refractivity contribution in [1.29, 1.82) is 0 Å². The van der Waals surface area contributed by atoms with Crippen molar-refractivity contribution in [2.24, 2.45) is 5.73 Å². The van der Waals surface area contributed by atoms with Crippen LogP contribution in [0.15, 0.2) is 0 Å². The predicted molar refractivity (Wildman–Crippen MR) is 54.7 cm³/mol. The SMILES string of the molecule is NCCCCCC(=O)ON1C(=O)CCC1=O. The molecule has 0 aromatic rings. The van der Waals surface area contributed by atoms with Gasteiger partial charge in [-0.1, -0.05) is 6.42 Å². The lowest BCUT2D eigenvalue weighted by Crippen LogP contribution is -2.31. The molecule has 1 heterocycles. The minimum absolute atomic E-state index is 0.124. The predicted octanol–water partition coefficient (Wildman–Crippen LogP) is 0.113. The molecule has 6 heteroatoms. The Hall–Kier alpha value is -1.43. The molecule has 1 aliphatic heterocycles. The molecule has 0 aromatic heterocycles. The molecule has 16 heavy (non-hydrogen) atoms. The van der Waals surface area contributed by atoms with Crippen LogP contribution in [0, 0.1) is 0 Å². The summed E-state index contributed by atoms with van der Waals surface area (Å²) in [5.41, 5.74) is 5.30. The second kappa shape index (κ2) is 6.22. The summed E-state index contributed by atoms with van der Waals surface area (Å²) in [7, 11) is 0. The number of hydrogen-bond acceptors (Lipinski definition) is 5. The molecule has 0 spiro atoms. The number of nitrogens with two attached hydrogens (primary N) is 1. The Balaban J connectivity index is 2.23. The highest BCUT2D eigenvalue weighted by Gasteiger charge is 2.32. The lowest BCUT2D eigenvalue weighted by molar-refractivity contribution is -0.197. The van der Waals surface area contributed by atoms with E-state index in [2.05, 4.69) is 4.84 Å². The summed E-state index contributed by atoms with van der Waals surface area (Å²) in [6.07, 6.45) is 2.81. The Bertz CT molecular complexity index is 275. The van der Waals surface area contributed by atoms with E-state index >= 15 is 0 Å². The fourth-order valence-electron chi connectivity index (χ4n) is 1.40. The fraction of sp³-hybridized carbons (Fsp3) is 0.700. The molecule has 6 nitrogen and oxygen atoms in total. The third-order valence-corrected chi connectivity index (χ3v) is 2.28. The van der Waals surface area contributed by atoms with Gasteiger partial charge in [0.25, 0.3) is 11.8 Å². The van der Waals surface area contributed by atoms with Gasteiger partial charge < -0.3 is 10.6 Å². The zero-order valence-electron chi connectivity index (χ0n) is 9.11. The molecule has 0 radical (unpaired) electrons. The first kappa shape index (κ1) is 12.6. The first-order valence-electron chi connectivity index (χ1n) is 5.42. The van der Waals surface area contributed by atoms with Crippen molar-refractivity contribution >= 4 is 17.8 Å². The maximum atomic E-state index is 11.3. The summed E-state index contributed by atoms with van der Waals surface area (Å²) in [5, 5.41) is 0.575. The first-order valence-corrected chi connectivity index (χ1v) is 5.42. The second-order valence-electron chi connectivity index (χ2n) is 3.64. The fourth-order valence-corrected chi connectivity index (χ4v) is 1.40. The minimum Gasteiger partial charge on any atom is -0.330 e. The van der Waals surface area contributed by atoms with Crippen LogP contribution in [0.25, 0.3) is 0 Å². The quantitative estimate of drug-likeness (QED) is 0.515. The van der Waals surface area contributed by atoms with Gasteiger partial charge in [-0.25, -0.2) is 4.79 Å². The topological polar surface area (TPSA) is 89.7 Å². The highest BCUT2D eigenvalue weighted by atomic mass is 16.7. The summed E-state index contributed by atoms with van der Waals surface area (Å²) in [5.74, 6) is -1.43. The van der Waals surface area contributed by atoms with Crippen LogP contribution in [0.1, 0.15) is 38.5 Å². The van der Waals surface area contributed by atoms with E-state index in [0.29, 0.717) is 18.0 Å². The van der Waals surface area contributed by atoms with Gasteiger partial charge in [0.2, 0.25) is 0 Å². The molecule has 1 fully saturated rings. The summed E-state index contributed by atoms with van der Waals surface area (Å²) >= 11 is 0. The van der Waals surface area contributed by atoms with E-state index in [1.54, 1.807) is 0 Å². The monoisotopic (exact) mass is 228 g/mol. The third kappa shape index (κ3) is 3.62. The highest BCUT2D eigenvalue weighted by Crippen LogP contribution is 2.13. The molecular formula is C10H16N2O4. The molecular weight excluding hydrogens is 212 g/mol. The van der Waals surface area contributed by atoms with Crippen molar-refractivity contribution in [2.45, 2.75) is 38.5 Å². The lowest BCUT2D eigenvalue weighted by atomic mass is 10.2. The van der Waals surface area contributed by atoms with E-state index in [1.165, 1.54) is 0 Å². The average molecular weight is 228 g/mol. The van der Waals surface area contributed by atoms with Crippen molar-refractivity contribution in [3.63, 3.8) is 0 Å². The molecule has 1 saturated heterocycles. The Kier molecular flexibility index (Phi) is 4.91. The minimum atomic E-state index is -0.541. The number of imide groups is 1. The molecule has 0 bridgehead atoms. The third-order valence-electron chi connectivity index (χ3n) is 2.28. The van der Waals surface area contributed by atoms with Gasteiger partial charge in [-0.05, 0) is 19.4 Å². The van der Waals surface area contributed by atoms with Crippen molar-refractivity contribution < 1.29 is 19.2 Å². The molecule has 0 aromatic carbocycles. The van der Waals surface area contributed by atoms with E-state index in [9.17, 15) is 14.4 Å². The normalized spacial score (nSPS) is 15.7. The Morgan fingerprint density at radius 2 is 1.81 bits per heavy atom. The summed E-state index contributed by atoms with van der Waals surface area (Å²) in [4.78, 5) is 38.1. The van der Waals surface area contributed by atoms with Crippen molar-refractivity contribution in [1.82, 2.24) is 5.06 Å². The first-order chi connectivity index (χ1) is 7.65. The van der Waals surface area contributed by atoms with E-state index in [0.717, 1.165) is 12.8 Å².